The number of hydrazine groups is 1. The van der Waals surface area contributed by atoms with E-state index in [0.29, 0.717) is 6.42 Å². The molecular formula is C15H17N3. The predicted octanol–water partition coefficient (Wildman–Crippen LogP) is 2.73. The van der Waals surface area contributed by atoms with Crippen LogP contribution in [0.4, 0.5) is 5.69 Å². The Morgan fingerprint density at radius 2 is 1.89 bits per heavy atom. The van der Waals surface area contributed by atoms with Gasteiger partial charge in [0.15, 0.2) is 0 Å². The summed E-state index contributed by atoms with van der Waals surface area (Å²) in [4.78, 5) is 4.48. The van der Waals surface area contributed by atoms with Gasteiger partial charge in [0, 0.05) is 6.42 Å². The highest BCUT2D eigenvalue weighted by Crippen LogP contribution is 2.11. The van der Waals surface area contributed by atoms with Crippen molar-refractivity contribution in [1.82, 2.24) is 5.43 Å². The molecule has 0 radical (unpaired) electrons. The zero-order chi connectivity index (χ0) is 12.8. The summed E-state index contributed by atoms with van der Waals surface area (Å²) in [7, 11) is 0. The van der Waals surface area contributed by atoms with Gasteiger partial charge in [-0.3, -0.25) is 0 Å². The molecule has 0 saturated heterocycles. The number of aryl methyl sites for hydroxylation is 1. The zero-order valence-corrected chi connectivity index (χ0v) is 10.4. The molecule has 0 amide bonds. The van der Waals surface area contributed by atoms with E-state index in [1.807, 2.05) is 36.4 Å². The standard InChI is InChI=1S/C15H17N3/c1-12-6-5-7-13(10-12)11-15(18-16)17-14-8-3-2-4-9-14/h2-10H,11,16H2,1H3,(H,17,18). The molecule has 0 atom stereocenters. The summed E-state index contributed by atoms with van der Waals surface area (Å²) in [6.45, 7) is 2.08. The van der Waals surface area contributed by atoms with Crippen molar-refractivity contribution in [1.29, 1.82) is 0 Å². The molecule has 0 aliphatic rings. The van der Waals surface area contributed by atoms with Gasteiger partial charge >= 0.3 is 0 Å². The van der Waals surface area contributed by atoms with Crippen molar-refractivity contribution >= 4 is 11.5 Å². The number of amidine groups is 1. The minimum Gasteiger partial charge on any atom is -0.312 e. The molecule has 3 heteroatoms. The molecule has 3 N–H and O–H groups in total. The van der Waals surface area contributed by atoms with Crippen molar-refractivity contribution in [3.63, 3.8) is 0 Å². The van der Waals surface area contributed by atoms with Crippen LogP contribution in [0.15, 0.2) is 59.6 Å². The van der Waals surface area contributed by atoms with E-state index in [-0.39, 0.29) is 0 Å². The van der Waals surface area contributed by atoms with Crippen LogP contribution in [0.2, 0.25) is 0 Å². The number of nitrogens with one attached hydrogen (secondary N) is 1. The van der Waals surface area contributed by atoms with Gasteiger partial charge in [-0.15, -0.1) is 0 Å². The van der Waals surface area contributed by atoms with E-state index in [2.05, 4.69) is 35.5 Å². The normalized spacial score (nSPS) is 11.3. The van der Waals surface area contributed by atoms with Gasteiger partial charge in [-0.05, 0) is 24.6 Å². The number of para-hydroxylation sites is 1. The van der Waals surface area contributed by atoms with Gasteiger partial charge < -0.3 is 5.43 Å². The molecule has 3 nitrogen and oxygen atoms in total. The summed E-state index contributed by atoms with van der Waals surface area (Å²) < 4.78 is 0. The Balaban J connectivity index is 2.17. The minimum atomic E-state index is 0.701. The molecule has 0 aliphatic heterocycles. The van der Waals surface area contributed by atoms with Crippen molar-refractivity contribution < 1.29 is 0 Å². The van der Waals surface area contributed by atoms with E-state index in [1.54, 1.807) is 0 Å². The second-order valence-electron chi connectivity index (χ2n) is 4.20. The largest absolute Gasteiger partial charge is 0.312 e. The van der Waals surface area contributed by atoms with E-state index < -0.39 is 0 Å². The number of nitrogens with two attached hydrogens (primary N) is 1. The summed E-state index contributed by atoms with van der Waals surface area (Å²) in [6, 6.07) is 18.1. The predicted molar refractivity (Wildman–Crippen MR) is 75.7 cm³/mol. The van der Waals surface area contributed by atoms with Crippen molar-refractivity contribution in [3.05, 3.63) is 65.7 Å². The van der Waals surface area contributed by atoms with Crippen molar-refractivity contribution in [3.8, 4) is 0 Å². The molecule has 18 heavy (non-hydrogen) atoms. The lowest BCUT2D eigenvalue weighted by molar-refractivity contribution is 0.987. The molecule has 0 heterocycles. The summed E-state index contributed by atoms with van der Waals surface area (Å²) in [6.07, 6.45) is 0.701. The van der Waals surface area contributed by atoms with Crippen LogP contribution in [0.25, 0.3) is 0 Å². The maximum Gasteiger partial charge on any atom is 0.121 e. The van der Waals surface area contributed by atoms with Gasteiger partial charge in [0.05, 0.1) is 5.69 Å². The SMILES string of the molecule is Cc1cccc(CC(=Nc2ccccc2)NN)c1. The Bertz CT molecular complexity index is 532. The zero-order valence-electron chi connectivity index (χ0n) is 10.4. The van der Waals surface area contributed by atoms with Crippen LogP contribution in [-0.2, 0) is 6.42 Å². The van der Waals surface area contributed by atoms with Crippen molar-refractivity contribution in [2.75, 3.05) is 0 Å². The van der Waals surface area contributed by atoms with Crippen LogP contribution in [0.5, 0.6) is 0 Å². The summed E-state index contributed by atoms with van der Waals surface area (Å²) in [5, 5.41) is 0. The lowest BCUT2D eigenvalue weighted by Gasteiger charge is -2.06. The fourth-order valence-corrected chi connectivity index (χ4v) is 1.80. The Morgan fingerprint density at radius 1 is 1.11 bits per heavy atom. The lowest BCUT2D eigenvalue weighted by atomic mass is 10.1. The number of benzene rings is 2. The van der Waals surface area contributed by atoms with Gasteiger partial charge in [0.1, 0.15) is 5.84 Å². The van der Waals surface area contributed by atoms with Gasteiger partial charge in [-0.25, -0.2) is 10.8 Å². The first-order valence-corrected chi connectivity index (χ1v) is 5.93. The van der Waals surface area contributed by atoms with Gasteiger partial charge in [0.2, 0.25) is 0 Å². The van der Waals surface area contributed by atoms with Crippen LogP contribution in [-0.4, -0.2) is 5.84 Å². The number of hydrogen-bond donors (Lipinski definition) is 2. The molecule has 0 aromatic heterocycles. The maximum atomic E-state index is 5.53. The third kappa shape index (κ3) is 3.43. The Hall–Kier alpha value is -2.13. The van der Waals surface area contributed by atoms with E-state index >= 15 is 0 Å². The number of aliphatic imine (C=N–C) groups is 1. The van der Waals surface area contributed by atoms with Crippen LogP contribution in [0, 0.1) is 6.92 Å². The Kier molecular flexibility index (Phi) is 4.10. The monoisotopic (exact) mass is 239 g/mol. The molecule has 0 saturated carbocycles. The first-order chi connectivity index (χ1) is 8.78. The lowest BCUT2D eigenvalue weighted by Crippen LogP contribution is -2.31. The van der Waals surface area contributed by atoms with Crippen LogP contribution in [0.3, 0.4) is 0 Å². The summed E-state index contributed by atoms with van der Waals surface area (Å²) in [5.74, 6) is 6.28. The number of hydrogen-bond acceptors (Lipinski definition) is 2. The third-order valence-corrected chi connectivity index (χ3v) is 2.64. The first-order valence-electron chi connectivity index (χ1n) is 5.93. The average molecular weight is 239 g/mol. The van der Waals surface area contributed by atoms with Gasteiger partial charge in [-0.1, -0.05) is 48.0 Å². The number of nitrogens with zero attached hydrogens (tertiary/aromatic N) is 1. The molecular weight excluding hydrogens is 222 g/mol. The van der Waals surface area contributed by atoms with Crippen molar-refractivity contribution in [2.24, 2.45) is 10.8 Å². The highest BCUT2D eigenvalue weighted by molar-refractivity contribution is 5.86. The van der Waals surface area contributed by atoms with E-state index in [4.69, 9.17) is 5.84 Å². The Morgan fingerprint density at radius 3 is 2.56 bits per heavy atom. The summed E-state index contributed by atoms with van der Waals surface area (Å²) in [5.41, 5.74) is 6.01. The van der Waals surface area contributed by atoms with Gasteiger partial charge in [0.25, 0.3) is 0 Å². The van der Waals surface area contributed by atoms with E-state index in [9.17, 15) is 0 Å². The quantitative estimate of drug-likeness (QED) is 0.374. The van der Waals surface area contributed by atoms with Crippen molar-refractivity contribution in [2.45, 2.75) is 13.3 Å². The molecule has 92 valence electrons. The fraction of sp³-hybridized carbons (Fsp3) is 0.133. The van der Waals surface area contributed by atoms with Crippen LogP contribution < -0.4 is 11.3 Å². The average Bonchev–Trinajstić information content (AvgIpc) is 2.39. The van der Waals surface area contributed by atoms with Crippen LogP contribution in [0.1, 0.15) is 11.1 Å². The van der Waals surface area contributed by atoms with Crippen LogP contribution >= 0.6 is 0 Å². The molecule has 2 rings (SSSR count). The number of rotatable bonds is 3. The van der Waals surface area contributed by atoms with Gasteiger partial charge in [-0.2, -0.15) is 0 Å². The molecule has 0 fully saturated rings. The molecule has 2 aromatic rings. The topological polar surface area (TPSA) is 50.4 Å². The minimum absolute atomic E-state index is 0.701. The maximum absolute atomic E-state index is 5.53. The second kappa shape index (κ2) is 5.98. The second-order valence-corrected chi connectivity index (χ2v) is 4.20. The van der Waals surface area contributed by atoms with E-state index in [1.165, 1.54) is 11.1 Å². The fourth-order valence-electron chi connectivity index (χ4n) is 1.80. The summed E-state index contributed by atoms with van der Waals surface area (Å²) >= 11 is 0. The molecule has 0 spiro atoms. The molecule has 0 aliphatic carbocycles. The third-order valence-electron chi connectivity index (χ3n) is 2.64. The highest BCUT2D eigenvalue weighted by atomic mass is 15.2. The Labute approximate surface area is 107 Å². The smallest absolute Gasteiger partial charge is 0.121 e. The molecule has 0 bridgehead atoms. The molecule has 2 aromatic carbocycles. The van der Waals surface area contributed by atoms with E-state index in [0.717, 1.165) is 11.5 Å². The molecule has 0 unspecified atom stereocenters. The highest BCUT2D eigenvalue weighted by Gasteiger charge is 2.00. The first kappa shape index (κ1) is 12.3.